The van der Waals surface area contributed by atoms with E-state index in [9.17, 15) is 8.42 Å². The minimum atomic E-state index is -3.34. The molecule has 1 aromatic rings. The highest BCUT2D eigenvalue weighted by Gasteiger charge is 2.31. The van der Waals surface area contributed by atoms with Gasteiger partial charge in [0.25, 0.3) is 0 Å². The van der Waals surface area contributed by atoms with Gasteiger partial charge in [-0.05, 0) is 36.5 Å². The smallest absolute Gasteiger partial charge is 0.243 e. The predicted octanol–water partition coefficient (Wildman–Crippen LogP) is 1.96. The molecule has 0 radical (unpaired) electrons. The zero-order valence-corrected chi connectivity index (χ0v) is 12.2. The average molecular weight is 282 g/mol. The first-order chi connectivity index (χ1) is 9.07. The molecule has 1 atom stereocenters. The van der Waals surface area contributed by atoms with Crippen molar-refractivity contribution >= 4 is 10.0 Å². The summed E-state index contributed by atoms with van der Waals surface area (Å²) in [6, 6.07) is 6.95. The summed E-state index contributed by atoms with van der Waals surface area (Å²) in [5, 5.41) is 0. The van der Waals surface area contributed by atoms with E-state index in [0.29, 0.717) is 30.4 Å². The lowest BCUT2D eigenvalue weighted by Gasteiger charge is -2.17. The van der Waals surface area contributed by atoms with Crippen LogP contribution in [0.2, 0.25) is 0 Å². The van der Waals surface area contributed by atoms with Crippen LogP contribution in [0.15, 0.2) is 29.2 Å². The summed E-state index contributed by atoms with van der Waals surface area (Å²) in [6.07, 6.45) is 3.19. The van der Waals surface area contributed by atoms with Crippen molar-refractivity contribution in [2.45, 2.75) is 37.6 Å². The van der Waals surface area contributed by atoms with E-state index in [1.807, 2.05) is 6.07 Å². The molecule has 1 heterocycles. The van der Waals surface area contributed by atoms with Gasteiger partial charge in [-0.15, -0.1) is 0 Å². The van der Waals surface area contributed by atoms with Gasteiger partial charge in [-0.1, -0.05) is 25.5 Å². The number of nitrogens with zero attached hydrogens (tertiary/aromatic N) is 1. The Hall–Kier alpha value is -0.910. The van der Waals surface area contributed by atoms with E-state index in [4.69, 9.17) is 5.73 Å². The van der Waals surface area contributed by atoms with E-state index in [0.717, 1.165) is 24.8 Å². The topological polar surface area (TPSA) is 63.4 Å². The number of hydrogen-bond donors (Lipinski definition) is 1. The third-order valence-corrected chi connectivity index (χ3v) is 5.58. The van der Waals surface area contributed by atoms with E-state index in [1.165, 1.54) is 0 Å². The number of rotatable bonds is 5. The molecule has 0 aromatic heterocycles. The molecule has 0 aliphatic carbocycles. The van der Waals surface area contributed by atoms with Crippen LogP contribution < -0.4 is 5.73 Å². The molecule has 4 nitrogen and oxygen atoms in total. The summed E-state index contributed by atoms with van der Waals surface area (Å²) in [5.41, 5.74) is 6.42. The van der Waals surface area contributed by atoms with Crippen molar-refractivity contribution in [3.63, 3.8) is 0 Å². The molecule has 19 heavy (non-hydrogen) atoms. The van der Waals surface area contributed by atoms with Crippen molar-refractivity contribution in [2.75, 3.05) is 13.1 Å². The lowest BCUT2D eigenvalue weighted by molar-refractivity contribution is 0.444. The molecule has 1 aliphatic heterocycles. The number of sulfonamides is 1. The van der Waals surface area contributed by atoms with Crippen molar-refractivity contribution in [2.24, 2.45) is 11.7 Å². The predicted molar refractivity (Wildman–Crippen MR) is 76.1 cm³/mol. The van der Waals surface area contributed by atoms with Gasteiger partial charge in [0.15, 0.2) is 0 Å². The maximum Gasteiger partial charge on any atom is 0.243 e. The lowest BCUT2D eigenvalue weighted by atomic mass is 10.0. The molecule has 0 saturated carbocycles. The Morgan fingerprint density at radius 2 is 2.21 bits per heavy atom. The number of hydrogen-bond acceptors (Lipinski definition) is 3. The summed E-state index contributed by atoms with van der Waals surface area (Å²) in [5.74, 6) is 0.512. The zero-order chi connectivity index (χ0) is 13.9. The van der Waals surface area contributed by atoms with Crippen LogP contribution in [-0.2, 0) is 16.6 Å². The molecule has 0 bridgehead atoms. The van der Waals surface area contributed by atoms with Gasteiger partial charge in [-0.25, -0.2) is 8.42 Å². The molecule has 1 unspecified atom stereocenters. The first kappa shape index (κ1) is 14.5. The highest BCUT2D eigenvalue weighted by molar-refractivity contribution is 7.89. The van der Waals surface area contributed by atoms with Crippen LogP contribution in [0.1, 0.15) is 31.7 Å². The zero-order valence-electron chi connectivity index (χ0n) is 11.4. The second kappa shape index (κ2) is 6.03. The van der Waals surface area contributed by atoms with Gasteiger partial charge in [-0.2, -0.15) is 4.31 Å². The first-order valence-corrected chi connectivity index (χ1v) is 8.31. The Labute approximate surface area is 115 Å². The molecule has 0 amide bonds. The van der Waals surface area contributed by atoms with E-state index in [-0.39, 0.29) is 0 Å². The maximum atomic E-state index is 12.5. The molecule has 1 aliphatic rings. The van der Waals surface area contributed by atoms with Crippen LogP contribution >= 0.6 is 0 Å². The largest absolute Gasteiger partial charge is 0.326 e. The standard InChI is InChI=1S/C14H22N2O2S/c1-2-4-12-7-8-16(11-12)19(17,18)14-6-3-5-13(9-14)10-15/h3,5-6,9,12H,2,4,7-8,10-11,15H2,1H3. The Kier molecular flexibility index (Phi) is 4.60. The number of benzene rings is 1. The fourth-order valence-corrected chi connectivity index (χ4v) is 4.24. The SMILES string of the molecule is CCCC1CCN(S(=O)(=O)c2cccc(CN)c2)C1. The lowest BCUT2D eigenvalue weighted by Crippen LogP contribution is -2.29. The summed E-state index contributed by atoms with van der Waals surface area (Å²) < 4.78 is 26.7. The van der Waals surface area contributed by atoms with E-state index in [2.05, 4.69) is 6.92 Å². The van der Waals surface area contributed by atoms with Crippen LogP contribution in [0, 0.1) is 5.92 Å². The summed E-state index contributed by atoms with van der Waals surface area (Å²) in [7, 11) is -3.34. The number of nitrogens with two attached hydrogens (primary N) is 1. The maximum absolute atomic E-state index is 12.5. The fraction of sp³-hybridized carbons (Fsp3) is 0.571. The molecule has 0 spiro atoms. The molecule has 1 saturated heterocycles. The summed E-state index contributed by atoms with van der Waals surface area (Å²) in [6.45, 7) is 3.80. The van der Waals surface area contributed by atoms with E-state index >= 15 is 0 Å². The van der Waals surface area contributed by atoms with Crippen molar-refractivity contribution in [3.8, 4) is 0 Å². The highest BCUT2D eigenvalue weighted by atomic mass is 32.2. The van der Waals surface area contributed by atoms with Crippen molar-refractivity contribution in [3.05, 3.63) is 29.8 Å². The van der Waals surface area contributed by atoms with Crippen LogP contribution in [0.5, 0.6) is 0 Å². The van der Waals surface area contributed by atoms with E-state index in [1.54, 1.807) is 22.5 Å². The van der Waals surface area contributed by atoms with Gasteiger partial charge in [0.2, 0.25) is 10.0 Å². The van der Waals surface area contributed by atoms with Gasteiger partial charge in [0, 0.05) is 19.6 Å². The molecule has 2 N–H and O–H groups in total. The Morgan fingerprint density at radius 1 is 1.42 bits per heavy atom. The fourth-order valence-electron chi connectivity index (χ4n) is 2.64. The molecule has 2 rings (SSSR count). The minimum absolute atomic E-state index is 0.363. The van der Waals surface area contributed by atoms with Gasteiger partial charge in [0.1, 0.15) is 0 Å². The molecule has 5 heteroatoms. The van der Waals surface area contributed by atoms with Gasteiger partial charge < -0.3 is 5.73 Å². The van der Waals surface area contributed by atoms with Crippen LogP contribution in [0.4, 0.5) is 0 Å². The third kappa shape index (κ3) is 3.16. The summed E-state index contributed by atoms with van der Waals surface area (Å²) in [4.78, 5) is 0.368. The van der Waals surface area contributed by atoms with Crippen LogP contribution in [-0.4, -0.2) is 25.8 Å². The van der Waals surface area contributed by atoms with Gasteiger partial charge >= 0.3 is 0 Å². The van der Waals surface area contributed by atoms with Gasteiger partial charge in [-0.3, -0.25) is 0 Å². The first-order valence-electron chi connectivity index (χ1n) is 6.87. The Balaban J connectivity index is 2.18. The molecule has 106 valence electrons. The molecular formula is C14H22N2O2S. The Morgan fingerprint density at radius 3 is 2.89 bits per heavy atom. The monoisotopic (exact) mass is 282 g/mol. The molecular weight excluding hydrogens is 260 g/mol. The third-order valence-electron chi connectivity index (χ3n) is 3.72. The van der Waals surface area contributed by atoms with Crippen molar-refractivity contribution in [1.29, 1.82) is 0 Å². The van der Waals surface area contributed by atoms with Crippen molar-refractivity contribution < 1.29 is 8.42 Å². The molecule has 1 fully saturated rings. The van der Waals surface area contributed by atoms with Crippen molar-refractivity contribution in [1.82, 2.24) is 4.31 Å². The average Bonchev–Trinajstić information content (AvgIpc) is 2.88. The normalized spacial score (nSPS) is 20.8. The summed E-state index contributed by atoms with van der Waals surface area (Å²) >= 11 is 0. The van der Waals surface area contributed by atoms with Gasteiger partial charge in [0.05, 0.1) is 4.90 Å². The highest BCUT2D eigenvalue weighted by Crippen LogP contribution is 2.27. The Bertz CT molecular complexity index is 528. The molecule has 1 aromatic carbocycles. The minimum Gasteiger partial charge on any atom is -0.326 e. The van der Waals surface area contributed by atoms with E-state index < -0.39 is 10.0 Å². The second-order valence-electron chi connectivity index (χ2n) is 5.16. The second-order valence-corrected chi connectivity index (χ2v) is 7.10. The van der Waals surface area contributed by atoms with Crippen LogP contribution in [0.3, 0.4) is 0 Å². The quantitative estimate of drug-likeness (QED) is 0.898. The van der Waals surface area contributed by atoms with Crippen LogP contribution in [0.25, 0.3) is 0 Å².